The van der Waals surface area contributed by atoms with E-state index in [-0.39, 0.29) is 36.8 Å². The molecule has 0 aromatic rings. The highest BCUT2D eigenvalue weighted by atomic mass is 35.5. The predicted octanol–water partition coefficient (Wildman–Crippen LogP) is 0.358. The molecule has 2 rings (SSSR count). The van der Waals surface area contributed by atoms with Gasteiger partial charge >= 0.3 is 0 Å². The third kappa shape index (κ3) is 4.76. The maximum atomic E-state index is 12.3. The summed E-state index contributed by atoms with van der Waals surface area (Å²) in [4.78, 5) is 16.4. The first-order valence-corrected chi connectivity index (χ1v) is 6.57. The lowest BCUT2D eigenvalue weighted by atomic mass is 10.1. The molecule has 2 heterocycles. The van der Waals surface area contributed by atoms with Crippen LogP contribution in [0.1, 0.15) is 13.3 Å². The maximum Gasteiger partial charge on any atom is 0.253 e. The average Bonchev–Trinajstić information content (AvgIpc) is 2.86. The summed E-state index contributed by atoms with van der Waals surface area (Å²) in [5.41, 5.74) is 5.64. The van der Waals surface area contributed by atoms with Gasteiger partial charge in [-0.25, -0.2) is 0 Å². The van der Waals surface area contributed by atoms with E-state index >= 15 is 0 Å². The van der Waals surface area contributed by atoms with Gasteiger partial charge in [0.2, 0.25) is 0 Å². The third-order valence-electron chi connectivity index (χ3n) is 3.80. The van der Waals surface area contributed by atoms with Gasteiger partial charge in [-0.1, -0.05) is 6.92 Å². The molecule has 1 amide bonds. The average molecular weight is 314 g/mol. The van der Waals surface area contributed by atoms with Crippen LogP contribution >= 0.6 is 24.8 Å². The topological polar surface area (TPSA) is 58.8 Å². The van der Waals surface area contributed by atoms with E-state index in [1.165, 1.54) is 0 Å². The molecule has 2 fully saturated rings. The molecule has 2 aliphatic rings. The molecule has 0 saturated carbocycles. The van der Waals surface area contributed by atoms with Crippen LogP contribution in [0.4, 0.5) is 0 Å². The molecule has 19 heavy (non-hydrogen) atoms. The van der Waals surface area contributed by atoms with Gasteiger partial charge in [-0.15, -0.1) is 24.8 Å². The number of carbonyl (C=O) groups is 1. The van der Waals surface area contributed by atoms with Crippen LogP contribution in [0.2, 0.25) is 0 Å². The SMILES string of the molecule is CCN1CCOC(C(=O)N2CCC(CN)C2)C1.Cl.Cl. The monoisotopic (exact) mass is 313 g/mol. The van der Waals surface area contributed by atoms with Gasteiger partial charge in [-0.05, 0) is 25.4 Å². The Morgan fingerprint density at radius 3 is 2.63 bits per heavy atom. The molecular weight excluding hydrogens is 289 g/mol. The second-order valence-electron chi connectivity index (χ2n) is 4.93. The van der Waals surface area contributed by atoms with E-state index in [9.17, 15) is 4.79 Å². The predicted molar refractivity (Wildman–Crippen MR) is 80.1 cm³/mol. The van der Waals surface area contributed by atoms with Crippen molar-refractivity contribution in [1.82, 2.24) is 9.80 Å². The normalized spacial score (nSPS) is 27.6. The third-order valence-corrected chi connectivity index (χ3v) is 3.80. The van der Waals surface area contributed by atoms with Crippen LogP contribution in [0.25, 0.3) is 0 Å². The highest BCUT2D eigenvalue weighted by Gasteiger charge is 2.33. The molecule has 2 unspecified atom stereocenters. The van der Waals surface area contributed by atoms with Crippen molar-refractivity contribution >= 4 is 30.7 Å². The molecule has 2 N–H and O–H groups in total. The molecule has 0 aliphatic carbocycles. The minimum Gasteiger partial charge on any atom is -0.366 e. The van der Waals surface area contributed by atoms with E-state index in [0.29, 0.717) is 19.1 Å². The molecule has 2 atom stereocenters. The van der Waals surface area contributed by atoms with Crippen molar-refractivity contribution in [3.63, 3.8) is 0 Å². The Morgan fingerprint density at radius 2 is 2.05 bits per heavy atom. The van der Waals surface area contributed by atoms with Crippen molar-refractivity contribution in [1.29, 1.82) is 0 Å². The number of nitrogens with zero attached hydrogens (tertiary/aromatic N) is 2. The molecule has 114 valence electrons. The number of morpholine rings is 1. The molecule has 0 aromatic heterocycles. The molecule has 2 saturated heterocycles. The lowest BCUT2D eigenvalue weighted by Crippen LogP contribution is -2.50. The molecule has 2 aliphatic heterocycles. The second-order valence-corrected chi connectivity index (χ2v) is 4.93. The fourth-order valence-corrected chi connectivity index (χ4v) is 2.57. The fourth-order valence-electron chi connectivity index (χ4n) is 2.57. The number of likely N-dealkylation sites (N-methyl/N-ethyl adjacent to an activating group) is 1. The number of hydrogen-bond acceptors (Lipinski definition) is 4. The van der Waals surface area contributed by atoms with Crippen molar-refractivity contribution < 1.29 is 9.53 Å². The standard InChI is InChI=1S/C12H23N3O2.2ClH/c1-2-14-5-6-17-11(9-14)12(16)15-4-3-10(7-13)8-15;;/h10-11H,2-9,13H2,1H3;2*1H. The van der Waals surface area contributed by atoms with E-state index in [4.69, 9.17) is 10.5 Å². The number of nitrogens with two attached hydrogens (primary N) is 1. The van der Waals surface area contributed by atoms with Crippen LogP contribution in [0.5, 0.6) is 0 Å². The van der Waals surface area contributed by atoms with Crippen molar-refractivity contribution in [3.05, 3.63) is 0 Å². The van der Waals surface area contributed by atoms with E-state index in [1.54, 1.807) is 0 Å². The van der Waals surface area contributed by atoms with Crippen LogP contribution in [-0.2, 0) is 9.53 Å². The van der Waals surface area contributed by atoms with Crippen molar-refractivity contribution in [3.8, 4) is 0 Å². The Kier molecular flexibility index (Phi) is 8.94. The lowest BCUT2D eigenvalue weighted by molar-refractivity contribution is -0.148. The van der Waals surface area contributed by atoms with E-state index < -0.39 is 0 Å². The molecule has 5 nitrogen and oxygen atoms in total. The highest BCUT2D eigenvalue weighted by molar-refractivity contribution is 5.85. The zero-order valence-electron chi connectivity index (χ0n) is 11.4. The summed E-state index contributed by atoms with van der Waals surface area (Å²) in [6, 6.07) is 0. The van der Waals surface area contributed by atoms with Gasteiger partial charge in [-0.3, -0.25) is 9.69 Å². The number of likely N-dealkylation sites (tertiary alicyclic amines) is 1. The van der Waals surface area contributed by atoms with Crippen molar-refractivity contribution in [2.24, 2.45) is 11.7 Å². The Morgan fingerprint density at radius 1 is 1.32 bits per heavy atom. The number of halogens is 2. The van der Waals surface area contributed by atoms with E-state index in [0.717, 1.165) is 39.1 Å². The van der Waals surface area contributed by atoms with Gasteiger partial charge in [0.25, 0.3) is 5.91 Å². The molecule has 0 radical (unpaired) electrons. The number of rotatable bonds is 3. The zero-order valence-corrected chi connectivity index (χ0v) is 13.0. The van der Waals surface area contributed by atoms with E-state index in [2.05, 4.69) is 11.8 Å². The molecule has 0 aromatic carbocycles. The maximum absolute atomic E-state index is 12.3. The minimum absolute atomic E-state index is 0. The van der Waals surface area contributed by atoms with Crippen molar-refractivity contribution in [2.75, 3.05) is 45.9 Å². The van der Waals surface area contributed by atoms with Crippen LogP contribution in [0.15, 0.2) is 0 Å². The number of ether oxygens (including phenoxy) is 1. The van der Waals surface area contributed by atoms with Crippen LogP contribution in [-0.4, -0.2) is 67.7 Å². The molecule has 0 spiro atoms. The minimum atomic E-state index is -0.264. The van der Waals surface area contributed by atoms with Gasteiger partial charge in [-0.2, -0.15) is 0 Å². The number of amides is 1. The van der Waals surface area contributed by atoms with Gasteiger partial charge < -0.3 is 15.4 Å². The summed E-state index contributed by atoms with van der Waals surface area (Å²) >= 11 is 0. The summed E-state index contributed by atoms with van der Waals surface area (Å²) in [7, 11) is 0. The quantitative estimate of drug-likeness (QED) is 0.817. The Labute approximate surface area is 127 Å². The summed E-state index contributed by atoms with van der Waals surface area (Å²) in [5, 5.41) is 0. The van der Waals surface area contributed by atoms with Crippen LogP contribution in [0.3, 0.4) is 0 Å². The number of carbonyl (C=O) groups excluding carboxylic acids is 1. The number of hydrogen-bond donors (Lipinski definition) is 1. The Balaban J connectivity index is 0.00000162. The van der Waals surface area contributed by atoms with Crippen LogP contribution in [0, 0.1) is 5.92 Å². The van der Waals surface area contributed by atoms with Crippen molar-refractivity contribution in [2.45, 2.75) is 19.4 Å². The van der Waals surface area contributed by atoms with Gasteiger partial charge in [0.05, 0.1) is 6.61 Å². The smallest absolute Gasteiger partial charge is 0.253 e. The highest BCUT2D eigenvalue weighted by Crippen LogP contribution is 2.17. The van der Waals surface area contributed by atoms with E-state index in [1.807, 2.05) is 4.90 Å². The Bertz CT molecular complexity index is 282. The van der Waals surface area contributed by atoms with Gasteiger partial charge in [0, 0.05) is 26.2 Å². The largest absolute Gasteiger partial charge is 0.366 e. The first-order valence-electron chi connectivity index (χ1n) is 6.57. The van der Waals surface area contributed by atoms with Crippen LogP contribution < -0.4 is 5.73 Å². The molecule has 7 heteroatoms. The lowest BCUT2D eigenvalue weighted by Gasteiger charge is -2.33. The molecule has 0 bridgehead atoms. The summed E-state index contributed by atoms with van der Waals surface area (Å²) < 4.78 is 5.59. The second kappa shape index (κ2) is 8.97. The summed E-state index contributed by atoms with van der Waals surface area (Å²) in [6.07, 6.45) is 0.770. The van der Waals surface area contributed by atoms with Gasteiger partial charge in [0.1, 0.15) is 6.10 Å². The summed E-state index contributed by atoms with van der Waals surface area (Å²) in [6.45, 7) is 7.76. The first-order chi connectivity index (χ1) is 8.24. The Hall–Kier alpha value is -0.0700. The summed E-state index contributed by atoms with van der Waals surface area (Å²) in [5.74, 6) is 0.629. The molecular formula is C12H25Cl2N3O2. The zero-order chi connectivity index (χ0) is 12.3. The van der Waals surface area contributed by atoms with Gasteiger partial charge in [0.15, 0.2) is 0 Å². The fraction of sp³-hybridized carbons (Fsp3) is 0.917. The first kappa shape index (κ1) is 18.9.